The van der Waals surface area contributed by atoms with Gasteiger partial charge in [-0.05, 0) is 56.1 Å². The van der Waals surface area contributed by atoms with Gasteiger partial charge in [-0.15, -0.1) is 0 Å². The first-order chi connectivity index (χ1) is 11.1. The van der Waals surface area contributed by atoms with E-state index in [1.165, 1.54) is 0 Å². The Labute approximate surface area is 142 Å². The number of aliphatic hydroxyl groups is 1. The number of carbonyl (C=O) groups excluding carboxylic acids is 1. The molecule has 1 aromatic rings. The summed E-state index contributed by atoms with van der Waals surface area (Å²) in [6, 6.07) is 8.05. The van der Waals surface area contributed by atoms with Crippen molar-refractivity contribution in [3.8, 4) is 0 Å². The summed E-state index contributed by atoms with van der Waals surface area (Å²) in [7, 11) is 0. The number of nitrogens with one attached hydrogen (secondary N) is 2. The van der Waals surface area contributed by atoms with Crippen molar-refractivity contribution in [3.05, 3.63) is 34.9 Å². The summed E-state index contributed by atoms with van der Waals surface area (Å²) in [6.45, 7) is 0.897. The molecule has 0 saturated heterocycles. The third kappa shape index (κ3) is 3.99. The fourth-order valence-corrected chi connectivity index (χ4v) is 3.89. The second kappa shape index (κ2) is 7.10. The van der Waals surface area contributed by atoms with Crippen LogP contribution in [0.4, 0.5) is 4.79 Å². The predicted octanol–water partition coefficient (Wildman–Crippen LogP) is 3.22. The summed E-state index contributed by atoms with van der Waals surface area (Å²) in [6.07, 6.45) is 6.02. The number of urea groups is 1. The number of hydrogen-bond donors (Lipinski definition) is 3. The first-order valence-corrected chi connectivity index (χ1v) is 8.91. The zero-order chi connectivity index (χ0) is 16.3. The molecule has 126 valence electrons. The van der Waals surface area contributed by atoms with Crippen molar-refractivity contribution in [1.82, 2.24) is 10.6 Å². The molecule has 23 heavy (non-hydrogen) atoms. The minimum Gasteiger partial charge on any atom is -0.396 e. The number of aliphatic hydroxyl groups excluding tert-OH is 1. The van der Waals surface area contributed by atoms with Gasteiger partial charge in [0.05, 0.1) is 0 Å². The van der Waals surface area contributed by atoms with Gasteiger partial charge in [0, 0.05) is 29.6 Å². The van der Waals surface area contributed by atoms with Crippen LogP contribution in [0.2, 0.25) is 5.02 Å². The molecule has 0 radical (unpaired) electrons. The molecular weight excluding hydrogens is 312 g/mol. The molecule has 2 aliphatic rings. The number of rotatable bonds is 5. The Morgan fingerprint density at radius 3 is 2.52 bits per heavy atom. The van der Waals surface area contributed by atoms with E-state index in [0.717, 1.165) is 49.1 Å². The van der Waals surface area contributed by atoms with Crippen LogP contribution in [0.1, 0.15) is 44.1 Å². The van der Waals surface area contributed by atoms with Crippen LogP contribution in [0, 0.1) is 5.92 Å². The number of carbonyl (C=O) groups is 1. The SMILES string of the molecule is O=C(NCC1(c2ccccc2Cl)CC1)NC1CCC(CO)CC1. The summed E-state index contributed by atoms with van der Waals surface area (Å²) >= 11 is 6.30. The molecule has 0 bridgehead atoms. The number of halogens is 1. The summed E-state index contributed by atoms with van der Waals surface area (Å²) in [5.74, 6) is 0.408. The van der Waals surface area contributed by atoms with Gasteiger partial charge in [-0.2, -0.15) is 0 Å². The van der Waals surface area contributed by atoms with Gasteiger partial charge in [-0.1, -0.05) is 29.8 Å². The lowest BCUT2D eigenvalue weighted by molar-refractivity contribution is 0.174. The highest BCUT2D eigenvalue weighted by Crippen LogP contribution is 2.49. The Hall–Kier alpha value is -1.26. The lowest BCUT2D eigenvalue weighted by Gasteiger charge is -2.28. The smallest absolute Gasteiger partial charge is 0.315 e. The molecule has 5 heteroatoms. The maximum atomic E-state index is 12.1. The predicted molar refractivity (Wildman–Crippen MR) is 91.7 cm³/mol. The fraction of sp³-hybridized carbons (Fsp3) is 0.611. The van der Waals surface area contributed by atoms with E-state index in [4.69, 9.17) is 16.7 Å². The molecule has 0 spiro atoms. The van der Waals surface area contributed by atoms with Gasteiger partial charge in [0.15, 0.2) is 0 Å². The van der Waals surface area contributed by atoms with Crippen molar-refractivity contribution in [2.24, 2.45) is 5.92 Å². The average molecular weight is 337 g/mol. The lowest BCUT2D eigenvalue weighted by Crippen LogP contribution is -2.45. The summed E-state index contributed by atoms with van der Waals surface area (Å²) in [5, 5.41) is 16.0. The second-order valence-corrected chi connectivity index (χ2v) is 7.39. The van der Waals surface area contributed by atoms with Crippen LogP contribution in [-0.4, -0.2) is 30.3 Å². The second-order valence-electron chi connectivity index (χ2n) is 6.99. The monoisotopic (exact) mass is 336 g/mol. The highest BCUT2D eigenvalue weighted by Gasteiger charge is 2.45. The average Bonchev–Trinajstić information content (AvgIpc) is 3.35. The highest BCUT2D eigenvalue weighted by atomic mass is 35.5. The first-order valence-electron chi connectivity index (χ1n) is 8.53. The zero-order valence-corrected chi connectivity index (χ0v) is 14.1. The first kappa shape index (κ1) is 16.6. The Bertz CT molecular complexity index is 552. The highest BCUT2D eigenvalue weighted by molar-refractivity contribution is 6.31. The molecule has 2 fully saturated rings. The molecule has 2 amide bonds. The largest absolute Gasteiger partial charge is 0.396 e. The van der Waals surface area contributed by atoms with Crippen LogP contribution in [0.15, 0.2) is 24.3 Å². The molecule has 0 heterocycles. The van der Waals surface area contributed by atoms with E-state index in [0.29, 0.717) is 12.5 Å². The third-order valence-electron chi connectivity index (χ3n) is 5.33. The lowest BCUT2D eigenvalue weighted by atomic mass is 9.87. The van der Waals surface area contributed by atoms with Crippen molar-refractivity contribution in [2.75, 3.05) is 13.2 Å². The van der Waals surface area contributed by atoms with E-state index in [-0.39, 0.29) is 24.1 Å². The minimum absolute atomic E-state index is 0.0181. The Morgan fingerprint density at radius 2 is 1.91 bits per heavy atom. The summed E-state index contributed by atoms with van der Waals surface area (Å²) < 4.78 is 0. The van der Waals surface area contributed by atoms with Crippen molar-refractivity contribution in [2.45, 2.75) is 50.0 Å². The molecule has 0 aromatic heterocycles. The minimum atomic E-state index is -0.0872. The zero-order valence-electron chi connectivity index (χ0n) is 13.4. The quantitative estimate of drug-likeness (QED) is 0.773. The van der Waals surface area contributed by atoms with Gasteiger partial charge < -0.3 is 15.7 Å². The van der Waals surface area contributed by atoms with Gasteiger partial charge >= 0.3 is 6.03 Å². The molecule has 2 aliphatic carbocycles. The fourth-order valence-electron chi connectivity index (χ4n) is 3.56. The number of amides is 2. The molecule has 2 saturated carbocycles. The number of hydrogen-bond acceptors (Lipinski definition) is 2. The van der Waals surface area contributed by atoms with Gasteiger partial charge in [0.25, 0.3) is 0 Å². The van der Waals surface area contributed by atoms with Crippen molar-refractivity contribution < 1.29 is 9.90 Å². The van der Waals surface area contributed by atoms with E-state index in [9.17, 15) is 4.79 Å². The molecular formula is C18H25ClN2O2. The number of benzene rings is 1. The van der Waals surface area contributed by atoms with Gasteiger partial charge in [0.2, 0.25) is 0 Å². The van der Waals surface area contributed by atoms with E-state index in [2.05, 4.69) is 16.7 Å². The molecule has 3 rings (SSSR count). The maximum absolute atomic E-state index is 12.1. The standard InChI is InChI=1S/C18H25ClN2O2/c19-16-4-2-1-3-15(16)18(9-10-18)12-20-17(23)21-14-7-5-13(11-22)6-8-14/h1-4,13-14,22H,5-12H2,(H2,20,21,23). The van der Waals surface area contributed by atoms with Crippen molar-refractivity contribution in [3.63, 3.8) is 0 Å². The van der Waals surface area contributed by atoms with Crippen molar-refractivity contribution >= 4 is 17.6 Å². The van der Waals surface area contributed by atoms with Crippen LogP contribution >= 0.6 is 11.6 Å². The van der Waals surface area contributed by atoms with E-state index in [1.54, 1.807) is 0 Å². The molecule has 4 nitrogen and oxygen atoms in total. The molecule has 0 aliphatic heterocycles. The van der Waals surface area contributed by atoms with Gasteiger partial charge in [0.1, 0.15) is 0 Å². The third-order valence-corrected chi connectivity index (χ3v) is 5.66. The van der Waals surface area contributed by atoms with Crippen LogP contribution in [0.3, 0.4) is 0 Å². The Balaban J connectivity index is 1.47. The summed E-state index contributed by atoms with van der Waals surface area (Å²) in [4.78, 5) is 12.1. The van der Waals surface area contributed by atoms with E-state index < -0.39 is 0 Å². The Kier molecular flexibility index (Phi) is 5.12. The van der Waals surface area contributed by atoms with E-state index in [1.807, 2.05) is 18.2 Å². The van der Waals surface area contributed by atoms with Crippen LogP contribution in [0.5, 0.6) is 0 Å². The Morgan fingerprint density at radius 1 is 1.22 bits per heavy atom. The van der Waals surface area contributed by atoms with Crippen LogP contribution in [0.25, 0.3) is 0 Å². The molecule has 0 atom stereocenters. The van der Waals surface area contributed by atoms with Gasteiger partial charge in [-0.25, -0.2) is 4.79 Å². The van der Waals surface area contributed by atoms with Gasteiger partial charge in [-0.3, -0.25) is 0 Å². The van der Waals surface area contributed by atoms with E-state index >= 15 is 0 Å². The normalized spacial score (nSPS) is 25.7. The molecule has 1 aromatic carbocycles. The molecule has 0 unspecified atom stereocenters. The summed E-state index contributed by atoms with van der Waals surface area (Å²) in [5.41, 5.74) is 1.16. The topological polar surface area (TPSA) is 61.4 Å². The van der Waals surface area contributed by atoms with Crippen molar-refractivity contribution in [1.29, 1.82) is 0 Å². The van der Waals surface area contributed by atoms with Crippen LogP contribution in [-0.2, 0) is 5.41 Å². The maximum Gasteiger partial charge on any atom is 0.315 e. The van der Waals surface area contributed by atoms with Crippen LogP contribution < -0.4 is 10.6 Å². The molecule has 3 N–H and O–H groups in total.